The first-order valence-electron chi connectivity index (χ1n) is 12.2. The number of rotatable bonds is 7. The third kappa shape index (κ3) is 4.75. The molecule has 0 unspecified atom stereocenters. The second-order valence-corrected chi connectivity index (χ2v) is 10.3. The van der Waals surface area contributed by atoms with Gasteiger partial charge in [0.2, 0.25) is 0 Å². The number of allylic oxidation sites excluding steroid dienone is 1. The lowest BCUT2D eigenvalue weighted by atomic mass is 9.48. The van der Waals surface area contributed by atoms with Crippen LogP contribution in [0, 0.1) is 40.4 Å². The molecule has 2 aromatic rings. The van der Waals surface area contributed by atoms with E-state index in [1.165, 1.54) is 57.3 Å². The van der Waals surface area contributed by atoms with Gasteiger partial charge in [0.1, 0.15) is 17.7 Å². The number of nitrogens with zero attached hydrogens (tertiary/aromatic N) is 2. The molecule has 0 saturated heterocycles. The minimum absolute atomic E-state index is 0.00527. The number of ether oxygens (including phenoxy) is 2. The van der Waals surface area contributed by atoms with Crippen molar-refractivity contribution in [1.82, 2.24) is 0 Å². The molecule has 4 fully saturated rings. The summed E-state index contributed by atoms with van der Waals surface area (Å²) >= 11 is 0. The number of methoxy groups -OCH3 is 1. The van der Waals surface area contributed by atoms with Crippen molar-refractivity contribution in [2.45, 2.75) is 43.9 Å². The molecule has 0 aromatic heterocycles. The van der Waals surface area contributed by atoms with Crippen molar-refractivity contribution in [2.75, 3.05) is 19.0 Å². The lowest BCUT2D eigenvalue weighted by Crippen LogP contribution is -2.48. The summed E-state index contributed by atoms with van der Waals surface area (Å²) in [6, 6.07) is 17.1. The molecule has 4 bridgehead atoms. The van der Waals surface area contributed by atoms with E-state index in [9.17, 15) is 4.79 Å². The molecule has 4 aliphatic carbocycles. The van der Waals surface area contributed by atoms with Crippen LogP contribution >= 0.6 is 0 Å². The van der Waals surface area contributed by atoms with E-state index in [-0.39, 0.29) is 18.1 Å². The average Bonchev–Trinajstić information content (AvgIpc) is 2.86. The monoisotopic (exact) mass is 467 g/mol. The fraction of sp³-hybridized carbons (Fsp3) is 0.414. The van der Waals surface area contributed by atoms with E-state index in [0.717, 1.165) is 23.4 Å². The Labute approximate surface area is 206 Å². The van der Waals surface area contributed by atoms with Crippen LogP contribution in [0.5, 0.6) is 11.5 Å². The third-order valence-electron chi connectivity index (χ3n) is 7.92. The number of carbonyl (C=O) groups excluding carboxylic acids is 1. The summed E-state index contributed by atoms with van der Waals surface area (Å²) in [6.07, 6.45) is 9.72. The van der Waals surface area contributed by atoms with E-state index in [1.807, 2.05) is 24.3 Å². The standard InChI is InChI=1S/C29H29N3O3/c1-34-27-12-19(8-23(16-30)17-31)2-7-26(27)35-18-28(33)32-25-5-3-24(4-6-25)29-13-20-9-21(14-29)11-22(10-20)15-29/h2-8,12,20-22H,9-11,13-15,18H2,1H3,(H,32,33). The zero-order valence-electron chi connectivity index (χ0n) is 19.9. The minimum atomic E-state index is -0.255. The lowest BCUT2D eigenvalue weighted by molar-refractivity contribution is -0.118. The van der Waals surface area contributed by atoms with E-state index in [1.54, 1.807) is 18.2 Å². The Morgan fingerprint density at radius 2 is 1.63 bits per heavy atom. The quantitative estimate of drug-likeness (QED) is 0.534. The van der Waals surface area contributed by atoms with Crippen LogP contribution in [0.15, 0.2) is 48.0 Å². The van der Waals surface area contributed by atoms with Crippen molar-refractivity contribution in [2.24, 2.45) is 17.8 Å². The highest BCUT2D eigenvalue weighted by Gasteiger charge is 2.51. The SMILES string of the molecule is COc1cc(C=C(C#N)C#N)ccc1OCC(=O)Nc1ccc(C23CC4CC(CC(C4)C2)C3)cc1. The Morgan fingerprint density at radius 1 is 1.00 bits per heavy atom. The number of hydrogen-bond donors (Lipinski definition) is 1. The van der Waals surface area contributed by atoms with Gasteiger partial charge in [-0.2, -0.15) is 10.5 Å². The molecule has 1 amide bonds. The van der Waals surface area contributed by atoms with Crippen LogP contribution in [0.25, 0.3) is 6.08 Å². The molecule has 0 radical (unpaired) electrons. The normalized spacial score (nSPS) is 25.7. The maximum atomic E-state index is 12.5. The average molecular weight is 468 g/mol. The summed E-state index contributed by atoms with van der Waals surface area (Å²) in [5, 5.41) is 20.8. The minimum Gasteiger partial charge on any atom is -0.493 e. The van der Waals surface area contributed by atoms with Gasteiger partial charge in [-0.25, -0.2) is 0 Å². The van der Waals surface area contributed by atoms with Gasteiger partial charge in [0.25, 0.3) is 5.91 Å². The number of carbonyl (C=O) groups is 1. The molecule has 0 aliphatic heterocycles. The highest BCUT2D eigenvalue weighted by molar-refractivity contribution is 5.91. The van der Waals surface area contributed by atoms with Gasteiger partial charge in [0.15, 0.2) is 18.1 Å². The molecule has 0 heterocycles. The topological polar surface area (TPSA) is 95.1 Å². The Bertz CT molecular complexity index is 1180. The third-order valence-corrected chi connectivity index (χ3v) is 7.92. The lowest BCUT2D eigenvalue weighted by Gasteiger charge is -2.57. The fourth-order valence-electron chi connectivity index (χ4n) is 6.86. The molecule has 6 heteroatoms. The number of nitriles is 2. The second-order valence-electron chi connectivity index (χ2n) is 10.3. The summed E-state index contributed by atoms with van der Waals surface area (Å²) in [5.74, 6) is 3.28. The van der Waals surface area contributed by atoms with Crippen molar-refractivity contribution < 1.29 is 14.3 Å². The fourth-order valence-corrected chi connectivity index (χ4v) is 6.86. The van der Waals surface area contributed by atoms with Crippen LogP contribution in [-0.4, -0.2) is 19.6 Å². The predicted octanol–water partition coefficient (Wildman–Crippen LogP) is 5.61. The maximum absolute atomic E-state index is 12.5. The van der Waals surface area contributed by atoms with Gasteiger partial charge in [-0.3, -0.25) is 4.79 Å². The van der Waals surface area contributed by atoms with Crippen molar-refractivity contribution >= 4 is 17.7 Å². The highest BCUT2D eigenvalue weighted by atomic mass is 16.5. The van der Waals surface area contributed by atoms with Crippen molar-refractivity contribution in [3.05, 3.63) is 59.2 Å². The van der Waals surface area contributed by atoms with Gasteiger partial charge in [0, 0.05) is 5.69 Å². The van der Waals surface area contributed by atoms with Crippen LogP contribution in [0.2, 0.25) is 0 Å². The van der Waals surface area contributed by atoms with Crippen LogP contribution in [-0.2, 0) is 10.2 Å². The van der Waals surface area contributed by atoms with Crippen LogP contribution in [0.4, 0.5) is 5.69 Å². The molecular formula is C29H29N3O3. The molecule has 1 N–H and O–H groups in total. The molecule has 4 saturated carbocycles. The van der Waals surface area contributed by atoms with E-state index in [0.29, 0.717) is 22.5 Å². The zero-order chi connectivity index (χ0) is 24.4. The molecular weight excluding hydrogens is 438 g/mol. The van der Waals surface area contributed by atoms with Crippen molar-refractivity contribution in [1.29, 1.82) is 10.5 Å². The summed E-state index contributed by atoms with van der Waals surface area (Å²) in [6.45, 7) is -0.163. The summed E-state index contributed by atoms with van der Waals surface area (Å²) < 4.78 is 11.0. The first-order valence-corrected chi connectivity index (χ1v) is 12.2. The van der Waals surface area contributed by atoms with E-state index < -0.39 is 0 Å². The molecule has 0 atom stereocenters. The van der Waals surface area contributed by atoms with Gasteiger partial charge in [-0.05, 0) is 103 Å². The Hall–Kier alpha value is -3.77. The van der Waals surface area contributed by atoms with Crippen LogP contribution in [0.3, 0.4) is 0 Å². The molecule has 2 aromatic carbocycles. The van der Waals surface area contributed by atoms with E-state index in [4.69, 9.17) is 20.0 Å². The molecule has 178 valence electrons. The van der Waals surface area contributed by atoms with E-state index >= 15 is 0 Å². The van der Waals surface area contributed by atoms with E-state index in [2.05, 4.69) is 17.4 Å². The Kier molecular flexibility index (Phi) is 6.22. The number of amides is 1. The highest BCUT2D eigenvalue weighted by Crippen LogP contribution is 2.60. The van der Waals surface area contributed by atoms with Crippen molar-refractivity contribution in [3.8, 4) is 23.6 Å². The predicted molar refractivity (Wildman–Crippen MR) is 133 cm³/mol. The molecule has 6 nitrogen and oxygen atoms in total. The van der Waals surface area contributed by atoms with Gasteiger partial charge < -0.3 is 14.8 Å². The Balaban J connectivity index is 1.19. The number of benzene rings is 2. The maximum Gasteiger partial charge on any atom is 0.262 e. The number of hydrogen-bond acceptors (Lipinski definition) is 5. The molecule has 6 rings (SSSR count). The van der Waals surface area contributed by atoms with Crippen LogP contribution in [0.1, 0.15) is 49.7 Å². The molecule has 0 spiro atoms. The summed E-state index contributed by atoms with van der Waals surface area (Å²) in [5.41, 5.74) is 3.17. The van der Waals surface area contributed by atoms with Crippen molar-refractivity contribution in [3.63, 3.8) is 0 Å². The number of nitrogens with one attached hydrogen (secondary N) is 1. The smallest absolute Gasteiger partial charge is 0.262 e. The first kappa shape index (κ1) is 23.0. The molecule has 35 heavy (non-hydrogen) atoms. The van der Waals surface area contributed by atoms with Gasteiger partial charge >= 0.3 is 0 Å². The summed E-state index contributed by atoms with van der Waals surface area (Å²) in [4.78, 5) is 12.5. The summed E-state index contributed by atoms with van der Waals surface area (Å²) in [7, 11) is 1.50. The van der Waals surface area contributed by atoms with Gasteiger partial charge in [0.05, 0.1) is 7.11 Å². The van der Waals surface area contributed by atoms with Gasteiger partial charge in [-0.1, -0.05) is 18.2 Å². The zero-order valence-corrected chi connectivity index (χ0v) is 19.9. The molecule has 4 aliphatic rings. The first-order chi connectivity index (χ1) is 17.0. The largest absolute Gasteiger partial charge is 0.493 e. The van der Waals surface area contributed by atoms with Gasteiger partial charge in [-0.15, -0.1) is 0 Å². The van der Waals surface area contributed by atoms with Crippen LogP contribution < -0.4 is 14.8 Å². The number of anilines is 1. The second kappa shape index (κ2) is 9.47. The Morgan fingerprint density at radius 3 is 2.20 bits per heavy atom.